The maximum atomic E-state index is 11.8. The molecule has 0 aromatic carbocycles. The molecule has 0 bridgehead atoms. The van der Waals surface area contributed by atoms with Crippen LogP contribution in [0, 0.1) is 5.92 Å². The van der Waals surface area contributed by atoms with Crippen molar-refractivity contribution in [2.45, 2.75) is 57.9 Å². The number of hydrogen-bond donors (Lipinski definition) is 2. The quantitative estimate of drug-likeness (QED) is 0.805. The topological polar surface area (TPSA) is 55.1 Å². The first-order chi connectivity index (χ1) is 7.25. The van der Waals surface area contributed by atoms with Crippen molar-refractivity contribution in [1.82, 2.24) is 5.32 Å². The number of carbonyl (C=O) groups excluding carboxylic acids is 1. The van der Waals surface area contributed by atoms with Crippen LogP contribution in [-0.2, 0) is 4.79 Å². The summed E-state index contributed by atoms with van der Waals surface area (Å²) in [5.74, 6) is 0.225. The largest absolute Gasteiger partial charge is 0.356 e. The molecule has 3 N–H and O–H groups in total. The molecule has 1 saturated carbocycles. The second-order valence-corrected chi connectivity index (χ2v) is 4.55. The highest BCUT2D eigenvalue weighted by atomic mass is 35.5. The Balaban J connectivity index is 0.00000225. The Bertz CT molecular complexity index is 199. The molecule has 1 amide bonds. The van der Waals surface area contributed by atoms with E-state index in [1.165, 1.54) is 19.3 Å². The van der Waals surface area contributed by atoms with Crippen molar-refractivity contribution in [3.05, 3.63) is 0 Å². The molecular formula is C12H25ClN2O. The number of carbonyl (C=O) groups is 1. The third kappa shape index (κ3) is 5.17. The van der Waals surface area contributed by atoms with Gasteiger partial charge in [0.2, 0.25) is 5.91 Å². The van der Waals surface area contributed by atoms with Crippen LogP contribution in [0.3, 0.4) is 0 Å². The number of nitrogens with one attached hydrogen (secondary N) is 1. The molecule has 16 heavy (non-hydrogen) atoms. The van der Waals surface area contributed by atoms with Crippen LogP contribution in [0.1, 0.15) is 51.9 Å². The zero-order valence-corrected chi connectivity index (χ0v) is 11.0. The molecule has 0 aromatic heterocycles. The highest BCUT2D eigenvalue weighted by molar-refractivity contribution is 5.85. The van der Waals surface area contributed by atoms with Gasteiger partial charge in [-0.2, -0.15) is 0 Å². The summed E-state index contributed by atoms with van der Waals surface area (Å²) in [7, 11) is 0. The van der Waals surface area contributed by atoms with E-state index in [0.29, 0.717) is 0 Å². The van der Waals surface area contributed by atoms with Crippen LogP contribution in [0.2, 0.25) is 0 Å². The lowest BCUT2D eigenvalue weighted by molar-refractivity contribution is -0.126. The Morgan fingerprint density at radius 3 is 2.50 bits per heavy atom. The first kappa shape index (κ1) is 15.7. The number of rotatable bonds is 3. The van der Waals surface area contributed by atoms with Crippen molar-refractivity contribution in [2.75, 3.05) is 6.54 Å². The van der Waals surface area contributed by atoms with Crippen LogP contribution in [0.15, 0.2) is 0 Å². The van der Waals surface area contributed by atoms with Crippen molar-refractivity contribution in [1.29, 1.82) is 0 Å². The maximum Gasteiger partial charge on any atom is 0.224 e. The van der Waals surface area contributed by atoms with E-state index in [1.807, 2.05) is 0 Å². The monoisotopic (exact) mass is 248 g/mol. The lowest BCUT2D eigenvalue weighted by atomic mass is 9.86. The average Bonchev–Trinajstić information content (AvgIpc) is 2.20. The number of hydrogen-bond acceptors (Lipinski definition) is 2. The molecule has 1 fully saturated rings. The normalized spacial score (nSPS) is 26.1. The third-order valence-electron chi connectivity index (χ3n) is 3.21. The van der Waals surface area contributed by atoms with E-state index in [4.69, 9.17) is 5.73 Å². The van der Waals surface area contributed by atoms with Crippen molar-refractivity contribution in [2.24, 2.45) is 11.7 Å². The molecule has 96 valence electrons. The van der Waals surface area contributed by atoms with Crippen molar-refractivity contribution >= 4 is 18.3 Å². The van der Waals surface area contributed by atoms with Gasteiger partial charge in [-0.3, -0.25) is 4.79 Å². The third-order valence-corrected chi connectivity index (χ3v) is 3.21. The minimum Gasteiger partial charge on any atom is -0.356 e. The van der Waals surface area contributed by atoms with Gasteiger partial charge in [-0.1, -0.05) is 32.6 Å². The minimum absolute atomic E-state index is 0. The van der Waals surface area contributed by atoms with Gasteiger partial charge in [0.15, 0.2) is 0 Å². The summed E-state index contributed by atoms with van der Waals surface area (Å²) in [6, 6.07) is 0.0714. The Hall–Kier alpha value is -0.280. The second kappa shape index (κ2) is 8.82. The van der Waals surface area contributed by atoms with Crippen LogP contribution in [0.5, 0.6) is 0 Å². The number of nitrogens with two attached hydrogens (primary N) is 1. The summed E-state index contributed by atoms with van der Waals surface area (Å²) in [5, 5.41) is 2.96. The van der Waals surface area contributed by atoms with Crippen molar-refractivity contribution in [3.63, 3.8) is 0 Å². The molecule has 0 spiro atoms. The fourth-order valence-corrected chi connectivity index (χ4v) is 2.22. The van der Waals surface area contributed by atoms with Crippen LogP contribution in [0.25, 0.3) is 0 Å². The van der Waals surface area contributed by atoms with Crippen LogP contribution in [-0.4, -0.2) is 18.5 Å². The van der Waals surface area contributed by atoms with Gasteiger partial charge in [0.05, 0.1) is 5.92 Å². The average molecular weight is 249 g/mol. The molecule has 4 heteroatoms. The Kier molecular flexibility index (Phi) is 8.67. The highest BCUT2D eigenvalue weighted by Crippen LogP contribution is 2.21. The molecule has 2 atom stereocenters. The molecule has 1 aliphatic rings. The van der Waals surface area contributed by atoms with Gasteiger partial charge in [-0.15, -0.1) is 12.4 Å². The molecule has 0 saturated heterocycles. The van der Waals surface area contributed by atoms with Gasteiger partial charge in [0.25, 0.3) is 0 Å². The van der Waals surface area contributed by atoms with Crippen molar-refractivity contribution < 1.29 is 4.79 Å². The first-order valence-corrected chi connectivity index (χ1v) is 6.29. The van der Waals surface area contributed by atoms with Crippen LogP contribution < -0.4 is 11.1 Å². The van der Waals surface area contributed by atoms with E-state index in [9.17, 15) is 4.79 Å². The summed E-state index contributed by atoms with van der Waals surface area (Å²) in [5.41, 5.74) is 6.06. The van der Waals surface area contributed by atoms with Gasteiger partial charge in [0.1, 0.15) is 0 Å². The Labute approximate surface area is 105 Å². The Morgan fingerprint density at radius 1 is 1.25 bits per heavy atom. The molecule has 0 radical (unpaired) electrons. The molecule has 3 nitrogen and oxygen atoms in total. The summed E-state index contributed by atoms with van der Waals surface area (Å²) >= 11 is 0. The SMILES string of the molecule is CCCNC(=O)C1CCCCCCC1N.Cl. The summed E-state index contributed by atoms with van der Waals surface area (Å²) in [6.45, 7) is 2.85. The van der Waals surface area contributed by atoms with E-state index in [-0.39, 0.29) is 30.3 Å². The first-order valence-electron chi connectivity index (χ1n) is 6.29. The fourth-order valence-electron chi connectivity index (χ4n) is 2.22. The second-order valence-electron chi connectivity index (χ2n) is 4.55. The molecule has 1 rings (SSSR count). The summed E-state index contributed by atoms with van der Waals surface area (Å²) < 4.78 is 0. The van der Waals surface area contributed by atoms with E-state index in [2.05, 4.69) is 12.2 Å². The lowest BCUT2D eigenvalue weighted by Crippen LogP contribution is -2.42. The molecule has 0 heterocycles. The molecule has 0 aliphatic heterocycles. The molecular weight excluding hydrogens is 224 g/mol. The van der Waals surface area contributed by atoms with Crippen LogP contribution in [0.4, 0.5) is 0 Å². The van der Waals surface area contributed by atoms with Gasteiger partial charge < -0.3 is 11.1 Å². The van der Waals surface area contributed by atoms with E-state index in [0.717, 1.165) is 32.2 Å². The fraction of sp³-hybridized carbons (Fsp3) is 0.917. The summed E-state index contributed by atoms with van der Waals surface area (Å²) in [6.07, 6.45) is 7.83. The Morgan fingerprint density at radius 2 is 1.88 bits per heavy atom. The molecule has 0 aromatic rings. The van der Waals surface area contributed by atoms with Gasteiger partial charge in [-0.05, 0) is 19.3 Å². The zero-order chi connectivity index (χ0) is 11.1. The van der Waals surface area contributed by atoms with E-state index in [1.54, 1.807) is 0 Å². The maximum absolute atomic E-state index is 11.8. The minimum atomic E-state index is 0. The number of amides is 1. The predicted octanol–water partition coefficient (Wildman–Crippen LogP) is 2.23. The summed E-state index contributed by atoms with van der Waals surface area (Å²) in [4.78, 5) is 11.8. The number of halogens is 1. The van der Waals surface area contributed by atoms with Crippen molar-refractivity contribution in [3.8, 4) is 0 Å². The van der Waals surface area contributed by atoms with Crippen LogP contribution >= 0.6 is 12.4 Å². The highest BCUT2D eigenvalue weighted by Gasteiger charge is 2.25. The van der Waals surface area contributed by atoms with Gasteiger partial charge in [-0.25, -0.2) is 0 Å². The predicted molar refractivity (Wildman–Crippen MR) is 69.7 cm³/mol. The smallest absolute Gasteiger partial charge is 0.224 e. The van der Waals surface area contributed by atoms with E-state index >= 15 is 0 Å². The molecule has 1 aliphatic carbocycles. The van der Waals surface area contributed by atoms with Gasteiger partial charge >= 0.3 is 0 Å². The molecule has 2 unspecified atom stereocenters. The van der Waals surface area contributed by atoms with E-state index < -0.39 is 0 Å². The standard InChI is InChI=1S/C12H24N2O.ClH/c1-2-9-14-12(15)10-7-5-3-4-6-8-11(10)13;/h10-11H,2-9,13H2,1H3,(H,14,15);1H. The van der Waals surface area contributed by atoms with Gasteiger partial charge in [0, 0.05) is 12.6 Å². The zero-order valence-electron chi connectivity index (χ0n) is 10.2. The lowest BCUT2D eigenvalue weighted by Gasteiger charge is -2.25.